The van der Waals surface area contributed by atoms with Crippen molar-refractivity contribution in [1.82, 2.24) is 5.32 Å². The van der Waals surface area contributed by atoms with Crippen molar-refractivity contribution in [3.05, 3.63) is 23.8 Å². The average molecular weight is 356 g/mol. The van der Waals surface area contributed by atoms with E-state index in [9.17, 15) is 4.79 Å². The molecule has 0 radical (unpaired) electrons. The molecule has 1 aromatic carbocycles. The topological polar surface area (TPSA) is 47.6 Å². The predicted molar refractivity (Wildman–Crippen MR) is 98.3 cm³/mol. The molecule has 1 heterocycles. The van der Waals surface area contributed by atoms with Gasteiger partial charge in [0.05, 0.1) is 14.2 Å². The Bertz CT molecular complexity index is 505. The number of benzene rings is 1. The molecule has 1 saturated heterocycles. The summed E-state index contributed by atoms with van der Waals surface area (Å²) in [5, 5.41) is 3.77. The van der Waals surface area contributed by atoms with Gasteiger partial charge in [0.1, 0.15) is 0 Å². The Morgan fingerprint density at radius 3 is 2.78 bits per heavy atom. The molecule has 1 aromatic rings. The highest BCUT2D eigenvalue weighted by Crippen LogP contribution is 2.39. The Balaban J connectivity index is 1.65. The van der Waals surface area contributed by atoms with Gasteiger partial charge in [-0.1, -0.05) is 34.1 Å². The maximum absolute atomic E-state index is 11.9. The number of hydrogen-bond donors (Lipinski definition) is 1. The van der Waals surface area contributed by atoms with Crippen molar-refractivity contribution in [2.24, 2.45) is 0 Å². The summed E-state index contributed by atoms with van der Waals surface area (Å²) in [6, 6.07) is 5.70. The van der Waals surface area contributed by atoms with Crippen molar-refractivity contribution in [2.75, 3.05) is 20.0 Å². The van der Waals surface area contributed by atoms with Crippen LogP contribution in [0.15, 0.2) is 18.2 Å². The molecule has 0 spiro atoms. The third-order valence-electron chi connectivity index (χ3n) is 3.84. The lowest BCUT2D eigenvalue weighted by atomic mass is 10.1. The molecule has 0 bridgehead atoms. The van der Waals surface area contributed by atoms with E-state index in [2.05, 4.69) is 5.32 Å². The Morgan fingerprint density at radius 2 is 2.09 bits per heavy atom. The largest absolute Gasteiger partial charge is 0.493 e. The highest BCUT2D eigenvalue weighted by atomic mass is 33.1. The molecule has 0 aliphatic carbocycles. The molecule has 1 aliphatic heterocycles. The van der Waals surface area contributed by atoms with E-state index in [0.717, 1.165) is 23.7 Å². The lowest BCUT2D eigenvalue weighted by molar-refractivity contribution is -0.121. The second-order valence-electron chi connectivity index (χ2n) is 5.54. The normalized spacial score (nSPS) is 17.0. The zero-order chi connectivity index (χ0) is 16.5. The van der Waals surface area contributed by atoms with Gasteiger partial charge in [0.15, 0.2) is 11.5 Å². The minimum atomic E-state index is 0.119. The molecule has 6 heteroatoms. The molecule has 1 amide bonds. The van der Waals surface area contributed by atoms with Crippen molar-refractivity contribution >= 4 is 27.5 Å². The Kier molecular flexibility index (Phi) is 7.95. The van der Waals surface area contributed by atoms with Crippen LogP contribution in [-0.4, -0.2) is 31.1 Å². The Labute approximate surface area is 146 Å². The molecule has 2 rings (SSSR count). The number of hydrogen-bond acceptors (Lipinski definition) is 5. The molecule has 1 fully saturated rings. The fraction of sp³-hybridized carbons (Fsp3) is 0.588. The van der Waals surface area contributed by atoms with E-state index in [1.807, 2.05) is 39.8 Å². The summed E-state index contributed by atoms with van der Waals surface area (Å²) in [7, 11) is 7.21. The first kappa shape index (κ1) is 18.3. The predicted octanol–water partition coefficient (Wildman–Crippen LogP) is 4.03. The van der Waals surface area contributed by atoms with Gasteiger partial charge in [0.2, 0.25) is 5.91 Å². The Morgan fingerprint density at radius 1 is 1.26 bits per heavy atom. The molecular formula is C17H25NO3S2. The summed E-state index contributed by atoms with van der Waals surface area (Å²) < 4.78 is 10.5. The number of carbonyl (C=O) groups excluding carboxylic acids is 1. The molecule has 0 saturated carbocycles. The van der Waals surface area contributed by atoms with E-state index >= 15 is 0 Å². The van der Waals surface area contributed by atoms with Crippen LogP contribution in [0.2, 0.25) is 0 Å². The van der Waals surface area contributed by atoms with Crippen LogP contribution < -0.4 is 14.8 Å². The number of amides is 1. The summed E-state index contributed by atoms with van der Waals surface area (Å²) >= 11 is 0. The second-order valence-corrected chi connectivity index (χ2v) is 8.33. The summed E-state index contributed by atoms with van der Waals surface area (Å²) in [4.78, 5) is 11.9. The maximum Gasteiger partial charge on any atom is 0.220 e. The minimum Gasteiger partial charge on any atom is -0.493 e. The van der Waals surface area contributed by atoms with Gasteiger partial charge in [-0.2, -0.15) is 0 Å². The lowest BCUT2D eigenvalue weighted by Gasteiger charge is -2.10. The number of unbranched alkanes of at least 4 members (excludes halogenated alkanes) is 1. The van der Waals surface area contributed by atoms with Crippen molar-refractivity contribution < 1.29 is 14.3 Å². The monoisotopic (exact) mass is 355 g/mol. The van der Waals surface area contributed by atoms with E-state index in [1.165, 1.54) is 18.6 Å². The second kappa shape index (κ2) is 9.98. The molecule has 4 nitrogen and oxygen atoms in total. The van der Waals surface area contributed by atoms with Gasteiger partial charge in [-0.05, 0) is 37.0 Å². The summed E-state index contributed by atoms with van der Waals surface area (Å²) in [5.74, 6) is 2.78. The van der Waals surface area contributed by atoms with Crippen LogP contribution in [0, 0.1) is 0 Å². The molecule has 23 heavy (non-hydrogen) atoms. The SMILES string of the molecule is COc1ccc(CNC(=O)CCCCC2CCSS2)cc1OC. The van der Waals surface area contributed by atoms with Crippen molar-refractivity contribution in [1.29, 1.82) is 0 Å². The van der Waals surface area contributed by atoms with Gasteiger partial charge in [0, 0.05) is 24.0 Å². The van der Waals surface area contributed by atoms with Crippen molar-refractivity contribution in [3.8, 4) is 11.5 Å². The first-order chi connectivity index (χ1) is 11.2. The van der Waals surface area contributed by atoms with Gasteiger partial charge >= 0.3 is 0 Å². The third-order valence-corrected chi connectivity index (χ3v) is 6.85. The van der Waals surface area contributed by atoms with Crippen LogP contribution in [-0.2, 0) is 11.3 Å². The van der Waals surface area contributed by atoms with Crippen LogP contribution in [0.3, 0.4) is 0 Å². The Hall–Kier alpha value is -1.01. The minimum absolute atomic E-state index is 0.119. The van der Waals surface area contributed by atoms with Gasteiger partial charge in [-0.15, -0.1) is 0 Å². The number of ether oxygens (including phenoxy) is 2. The maximum atomic E-state index is 11.9. The number of nitrogens with one attached hydrogen (secondary N) is 1. The molecule has 0 aromatic heterocycles. The summed E-state index contributed by atoms with van der Waals surface area (Å²) in [5.41, 5.74) is 1.01. The molecule has 1 unspecified atom stereocenters. The van der Waals surface area contributed by atoms with Crippen LogP contribution >= 0.6 is 21.6 Å². The van der Waals surface area contributed by atoms with Crippen molar-refractivity contribution in [3.63, 3.8) is 0 Å². The molecule has 1 N–H and O–H groups in total. The standard InChI is InChI=1S/C17H25NO3S2/c1-20-15-8-7-13(11-16(15)21-2)12-18-17(19)6-4-3-5-14-9-10-22-23-14/h7-8,11,14H,3-6,9-10,12H2,1-2H3,(H,18,19). The smallest absolute Gasteiger partial charge is 0.220 e. The average Bonchev–Trinajstić information content (AvgIpc) is 3.10. The zero-order valence-corrected chi connectivity index (χ0v) is 15.4. The van der Waals surface area contributed by atoms with E-state index in [-0.39, 0.29) is 5.91 Å². The first-order valence-corrected chi connectivity index (χ1v) is 10.4. The number of carbonyl (C=O) groups is 1. The summed E-state index contributed by atoms with van der Waals surface area (Å²) in [6.07, 6.45) is 5.28. The third kappa shape index (κ3) is 6.18. The van der Waals surface area contributed by atoms with Crippen LogP contribution in [0.25, 0.3) is 0 Å². The highest BCUT2D eigenvalue weighted by Gasteiger charge is 2.15. The lowest BCUT2D eigenvalue weighted by Crippen LogP contribution is -2.22. The number of rotatable bonds is 9. The fourth-order valence-electron chi connectivity index (χ4n) is 2.50. The van der Waals surface area contributed by atoms with Crippen LogP contribution in [0.4, 0.5) is 0 Å². The zero-order valence-electron chi connectivity index (χ0n) is 13.8. The van der Waals surface area contributed by atoms with Gasteiger partial charge < -0.3 is 14.8 Å². The molecular weight excluding hydrogens is 330 g/mol. The summed E-state index contributed by atoms with van der Waals surface area (Å²) in [6.45, 7) is 0.522. The van der Waals surface area contributed by atoms with Crippen LogP contribution in [0.1, 0.15) is 37.7 Å². The molecule has 1 aliphatic rings. The van der Waals surface area contributed by atoms with Gasteiger partial charge in [-0.25, -0.2) is 0 Å². The first-order valence-electron chi connectivity index (χ1n) is 7.99. The van der Waals surface area contributed by atoms with Crippen LogP contribution in [0.5, 0.6) is 11.5 Å². The van der Waals surface area contributed by atoms with Gasteiger partial charge in [-0.3, -0.25) is 4.79 Å². The quantitative estimate of drug-likeness (QED) is 0.535. The molecule has 128 valence electrons. The van der Waals surface area contributed by atoms with E-state index in [1.54, 1.807) is 14.2 Å². The van der Waals surface area contributed by atoms with Crippen molar-refractivity contribution in [2.45, 2.75) is 43.9 Å². The fourth-order valence-corrected chi connectivity index (χ4v) is 5.53. The molecule has 1 atom stereocenters. The van der Waals surface area contributed by atoms with Gasteiger partial charge in [0.25, 0.3) is 0 Å². The van der Waals surface area contributed by atoms with E-state index in [4.69, 9.17) is 9.47 Å². The highest BCUT2D eigenvalue weighted by molar-refractivity contribution is 8.77. The van der Waals surface area contributed by atoms with E-state index in [0.29, 0.717) is 24.5 Å². The van der Waals surface area contributed by atoms with E-state index < -0.39 is 0 Å². The number of methoxy groups -OCH3 is 2.